The van der Waals surface area contributed by atoms with Crippen molar-refractivity contribution in [2.24, 2.45) is 0 Å². The molecular weight excluding hydrogens is 361 g/mol. The van der Waals surface area contributed by atoms with Crippen LogP contribution in [0.3, 0.4) is 0 Å². The molecule has 0 aliphatic heterocycles. The maximum atomic E-state index is 12.7. The van der Waals surface area contributed by atoms with Crippen molar-refractivity contribution in [1.82, 2.24) is 0 Å². The van der Waals surface area contributed by atoms with E-state index in [2.05, 4.69) is 0 Å². The number of alkyl halides is 3. The van der Waals surface area contributed by atoms with Crippen molar-refractivity contribution < 1.29 is 32.5 Å². The van der Waals surface area contributed by atoms with Crippen molar-refractivity contribution in [3.8, 4) is 17.2 Å². The molecule has 0 aromatic heterocycles. The van der Waals surface area contributed by atoms with E-state index in [0.717, 1.165) is 12.1 Å². The van der Waals surface area contributed by atoms with E-state index in [0.29, 0.717) is 22.3 Å². The van der Waals surface area contributed by atoms with Gasteiger partial charge in [0, 0.05) is 10.8 Å². The Bertz CT molecular complexity index is 965. The van der Waals surface area contributed by atoms with Crippen molar-refractivity contribution in [3.63, 3.8) is 0 Å². The van der Waals surface area contributed by atoms with Gasteiger partial charge in [0.25, 0.3) is 0 Å². The minimum absolute atomic E-state index is 0.241. The molecule has 0 fully saturated rings. The van der Waals surface area contributed by atoms with Crippen molar-refractivity contribution in [2.75, 3.05) is 0 Å². The summed E-state index contributed by atoms with van der Waals surface area (Å²) in [6.07, 6.45) is -5.56. The molecule has 3 rings (SSSR count). The molecule has 0 amide bonds. The van der Waals surface area contributed by atoms with E-state index in [9.17, 15) is 23.1 Å². The molecule has 0 bridgehead atoms. The SMILES string of the molecule is CC(Oc1cccc2c(Oc3ccc(C(F)(F)F)cc3)cccc12)C(=O)[O-]. The molecule has 0 saturated heterocycles. The van der Waals surface area contributed by atoms with Gasteiger partial charge in [-0.1, -0.05) is 24.3 Å². The van der Waals surface area contributed by atoms with Gasteiger partial charge in [0.05, 0.1) is 11.5 Å². The molecule has 0 saturated carbocycles. The fraction of sp³-hybridized carbons (Fsp3) is 0.150. The normalized spacial score (nSPS) is 12.6. The van der Waals surface area contributed by atoms with Crippen LogP contribution >= 0.6 is 0 Å². The molecule has 1 atom stereocenters. The second-order valence-corrected chi connectivity index (χ2v) is 5.81. The van der Waals surface area contributed by atoms with Crippen LogP contribution in [0.4, 0.5) is 13.2 Å². The van der Waals surface area contributed by atoms with Gasteiger partial charge in [-0.15, -0.1) is 0 Å². The lowest BCUT2D eigenvalue weighted by molar-refractivity contribution is -0.312. The predicted molar refractivity (Wildman–Crippen MR) is 90.6 cm³/mol. The standard InChI is InChI=1S/C20H15F3O4/c1-12(19(24)25)26-17-6-2-5-16-15(17)4-3-7-18(16)27-14-10-8-13(9-11-14)20(21,22)23/h2-12H,1H3,(H,24,25)/p-1. The first kappa shape index (κ1) is 18.6. The average Bonchev–Trinajstić information content (AvgIpc) is 2.62. The van der Waals surface area contributed by atoms with E-state index >= 15 is 0 Å². The van der Waals surface area contributed by atoms with Crippen molar-refractivity contribution in [3.05, 3.63) is 66.2 Å². The minimum atomic E-state index is -4.42. The Hall–Kier alpha value is -3.22. The summed E-state index contributed by atoms with van der Waals surface area (Å²) >= 11 is 0. The van der Waals surface area contributed by atoms with E-state index in [1.807, 2.05) is 0 Å². The van der Waals surface area contributed by atoms with Crippen LogP contribution in [0.2, 0.25) is 0 Å². The summed E-state index contributed by atoms with van der Waals surface area (Å²) in [5.74, 6) is -0.366. The molecule has 3 aromatic rings. The molecule has 27 heavy (non-hydrogen) atoms. The number of benzene rings is 3. The van der Waals surface area contributed by atoms with Crippen LogP contribution in [-0.2, 0) is 11.0 Å². The number of fused-ring (bicyclic) bond motifs is 1. The first-order valence-electron chi connectivity index (χ1n) is 8.00. The summed E-state index contributed by atoms with van der Waals surface area (Å²) in [5, 5.41) is 12.1. The third-order valence-electron chi connectivity index (χ3n) is 3.89. The first-order chi connectivity index (χ1) is 12.8. The summed E-state index contributed by atoms with van der Waals surface area (Å²) in [6, 6.07) is 14.4. The zero-order chi connectivity index (χ0) is 19.6. The van der Waals surface area contributed by atoms with Gasteiger partial charge in [-0.3, -0.25) is 0 Å². The number of halogens is 3. The highest BCUT2D eigenvalue weighted by atomic mass is 19.4. The van der Waals surface area contributed by atoms with Gasteiger partial charge in [-0.25, -0.2) is 0 Å². The number of ether oxygens (including phenoxy) is 2. The highest BCUT2D eigenvalue weighted by Gasteiger charge is 2.30. The van der Waals surface area contributed by atoms with Gasteiger partial charge in [-0.2, -0.15) is 13.2 Å². The number of aliphatic carboxylic acids is 1. The summed E-state index contributed by atoms with van der Waals surface area (Å²) < 4.78 is 49.1. The van der Waals surface area contributed by atoms with E-state index < -0.39 is 23.8 Å². The van der Waals surface area contributed by atoms with Crippen LogP contribution in [-0.4, -0.2) is 12.1 Å². The molecule has 0 spiro atoms. The molecule has 7 heteroatoms. The topological polar surface area (TPSA) is 58.6 Å². The first-order valence-corrected chi connectivity index (χ1v) is 8.00. The van der Waals surface area contributed by atoms with Gasteiger partial charge in [0.1, 0.15) is 23.4 Å². The van der Waals surface area contributed by atoms with Crippen LogP contribution < -0.4 is 14.6 Å². The van der Waals surface area contributed by atoms with Crippen LogP contribution in [0.15, 0.2) is 60.7 Å². The summed E-state index contributed by atoms with van der Waals surface area (Å²) in [4.78, 5) is 10.9. The fourth-order valence-corrected chi connectivity index (χ4v) is 2.52. The third-order valence-corrected chi connectivity index (χ3v) is 3.89. The molecular formula is C20H14F3O4-. The summed E-state index contributed by atoms with van der Waals surface area (Å²) in [7, 11) is 0. The van der Waals surface area contributed by atoms with Gasteiger partial charge in [-0.05, 0) is 43.3 Å². The van der Waals surface area contributed by atoms with E-state index in [1.54, 1.807) is 36.4 Å². The number of hydrogen-bond donors (Lipinski definition) is 0. The van der Waals surface area contributed by atoms with Crippen LogP contribution in [0.5, 0.6) is 17.2 Å². The average molecular weight is 375 g/mol. The van der Waals surface area contributed by atoms with Gasteiger partial charge >= 0.3 is 6.18 Å². The lowest BCUT2D eigenvalue weighted by Crippen LogP contribution is -2.37. The Balaban J connectivity index is 1.92. The third kappa shape index (κ3) is 4.13. The summed E-state index contributed by atoms with van der Waals surface area (Å²) in [5.41, 5.74) is -0.764. The molecule has 0 N–H and O–H groups in total. The lowest BCUT2D eigenvalue weighted by Gasteiger charge is -2.18. The molecule has 4 nitrogen and oxygen atoms in total. The maximum Gasteiger partial charge on any atom is 0.416 e. The van der Waals surface area contributed by atoms with Crippen LogP contribution in [0.1, 0.15) is 12.5 Å². The monoisotopic (exact) mass is 375 g/mol. The number of carboxylic acid groups (broad SMARTS) is 1. The predicted octanol–water partition coefficient (Wildman–Crippen LogP) is 4.17. The Morgan fingerprint density at radius 3 is 2.04 bits per heavy atom. The van der Waals surface area contributed by atoms with Crippen LogP contribution in [0, 0.1) is 0 Å². The molecule has 140 valence electrons. The quantitative estimate of drug-likeness (QED) is 0.672. The number of carboxylic acids is 1. The smallest absolute Gasteiger partial charge is 0.416 e. The molecule has 1 unspecified atom stereocenters. The van der Waals surface area contributed by atoms with Gasteiger partial charge in [0.2, 0.25) is 0 Å². The van der Waals surface area contributed by atoms with Gasteiger partial charge in [0.15, 0.2) is 0 Å². The zero-order valence-corrected chi connectivity index (χ0v) is 14.1. The number of carbonyl (C=O) groups excluding carboxylic acids is 1. The largest absolute Gasteiger partial charge is 0.546 e. The second-order valence-electron chi connectivity index (χ2n) is 5.81. The molecule has 0 aliphatic rings. The van der Waals surface area contributed by atoms with E-state index in [-0.39, 0.29) is 5.75 Å². The highest BCUT2D eigenvalue weighted by molar-refractivity contribution is 5.93. The van der Waals surface area contributed by atoms with Crippen molar-refractivity contribution >= 4 is 16.7 Å². The van der Waals surface area contributed by atoms with Crippen molar-refractivity contribution in [1.29, 1.82) is 0 Å². The zero-order valence-electron chi connectivity index (χ0n) is 14.1. The summed E-state index contributed by atoms with van der Waals surface area (Å²) in [6.45, 7) is 1.36. The highest BCUT2D eigenvalue weighted by Crippen LogP contribution is 2.36. The van der Waals surface area contributed by atoms with Crippen molar-refractivity contribution in [2.45, 2.75) is 19.2 Å². The van der Waals surface area contributed by atoms with Crippen LogP contribution in [0.25, 0.3) is 10.8 Å². The fourth-order valence-electron chi connectivity index (χ4n) is 2.52. The van der Waals surface area contributed by atoms with Gasteiger partial charge < -0.3 is 19.4 Å². The Labute approximate surface area is 152 Å². The minimum Gasteiger partial charge on any atom is -0.546 e. The maximum absolute atomic E-state index is 12.7. The number of carbonyl (C=O) groups is 1. The van der Waals surface area contributed by atoms with E-state index in [1.165, 1.54) is 19.1 Å². The number of hydrogen-bond acceptors (Lipinski definition) is 4. The Morgan fingerprint density at radius 2 is 1.48 bits per heavy atom. The lowest BCUT2D eigenvalue weighted by atomic mass is 10.1. The molecule has 3 aromatic carbocycles. The van der Waals surface area contributed by atoms with E-state index in [4.69, 9.17) is 9.47 Å². The molecule has 0 aliphatic carbocycles. The number of rotatable bonds is 5. The second kappa shape index (κ2) is 7.19. The molecule has 0 heterocycles. The Kier molecular flexibility index (Phi) is 4.94. The Morgan fingerprint density at radius 1 is 0.926 bits per heavy atom. The molecule has 0 radical (unpaired) electrons.